The summed E-state index contributed by atoms with van der Waals surface area (Å²) in [6, 6.07) is 0. The number of hydrogen-bond donors (Lipinski definition) is 2. The highest BCUT2D eigenvalue weighted by Crippen LogP contribution is 2.41. The smallest absolute Gasteiger partial charge is 0.167 e. The molecule has 0 aromatic carbocycles. The minimum atomic E-state index is -0.291. The molecule has 2 aromatic heterocycles. The van der Waals surface area contributed by atoms with Crippen molar-refractivity contribution in [3.63, 3.8) is 0 Å². The largest absolute Gasteiger partial charge is 0.394 e. The van der Waals surface area contributed by atoms with Crippen molar-refractivity contribution in [1.82, 2.24) is 19.5 Å². The fourth-order valence-corrected chi connectivity index (χ4v) is 2.61. The summed E-state index contributed by atoms with van der Waals surface area (Å²) in [7, 11) is 0. The zero-order chi connectivity index (χ0) is 13.0. The van der Waals surface area contributed by atoms with Gasteiger partial charge in [-0.1, -0.05) is 0 Å². The van der Waals surface area contributed by atoms with Crippen molar-refractivity contribution in [2.45, 2.75) is 31.0 Å². The molecule has 4 heterocycles. The minimum absolute atomic E-state index is 0.0238. The lowest BCUT2D eigenvalue weighted by molar-refractivity contribution is -0.0943. The maximum atomic E-state index is 9.29. The Morgan fingerprint density at radius 1 is 1.37 bits per heavy atom. The van der Waals surface area contributed by atoms with Gasteiger partial charge in [0.05, 0.1) is 19.0 Å². The number of nitrogen functional groups attached to an aromatic ring is 1. The number of aliphatic hydroxyl groups is 1. The van der Waals surface area contributed by atoms with Gasteiger partial charge >= 0.3 is 0 Å². The van der Waals surface area contributed by atoms with E-state index in [9.17, 15) is 5.11 Å². The molecule has 8 nitrogen and oxygen atoms in total. The fourth-order valence-electron chi connectivity index (χ4n) is 2.61. The number of rotatable bonds is 2. The molecule has 0 bridgehead atoms. The van der Waals surface area contributed by atoms with E-state index in [1.807, 2.05) is 4.57 Å². The molecule has 2 aliphatic heterocycles. The number of imidazole rings is 1. The van der Waals surface area contributed by atoms with E-state index < -0.39 is 0 Å². The second-order valence-electron chi connectivity index (χ2n) is 4.77. The van der Waals surface area contributed by atoms with Crippen molar-refractivity contribution in [1.29, 1.82) is 0 Å². The molecule has 0 spiro atoms. The number of hydrogen-bond acceptors (Lipinski definition) is 7. The van der Waals surface area contributed by atoms with Crippen LogP contribution in [-0.4, -0.2) is 49.5 Å². The van der Waals surface area contributed by atoms with Crippen molar-refractivity contribution in [2.75, 3.05) is 12.3 Å². The summed E-state index contributed by atoms with van der Waals surface area (Å²) in [6.07, 6.45) is 3.39. The van der Waals surface area contributed by atoms with Crippen LogP contribution in [0.3, 0.4) is 0 Å². The van der Waals surface area contributed by atoms with Gasteiger partial charge in [0, 0.05) is 6.42 Å². The number of aromatic nitrogens is 4. The summed E-state index contributed by atoms with van der Waals surface area (Å²) >= 11 is 0. The molecule has 0 radical (unpaired) electrons. The number of nitrogens with zero attached hydrogens (tertiary/aromatic N) is 4. The van der Waals surface area contributed by atoms with Crippen LogP contribution in [0.25, 0.3) is 11.2 Å². The first-order valence-corrected chi connectivity index (χ1v) is 6.12. The van der Waals surface area contributed by atoms with E-state index in [2.05, 4.69) is 15.0 Å². The van der Waals surface area contributed by atoms with Crippen LogP contribution < -0.4 is 5.73 Å². The number of ether oxygens (including phenoxy) is 2. The molecule has 2 saturated heterocycles. The second kappa shape index (κ2) is 3.86. The number of fused-ring (bicyclic) bond motifs is 2. The van der Waals surface area contributed by atoms with E-state index in [0.29, 0.717) is 17.0 Å². The molecule has 4 atom stereocenters. The van der Waals surface area contributed by atoms with Crippen LogP contribution in [0.1, 0.15) is 12.6 Å². The third-order valence-electron chi connectivity index (χ3n) is 3.63. The van der Waals surface area contributed by atoms with E-state index in [1.54, 1.807) is 6.33 Å². The molecule has 2 aliphatic rings. The Balaban J connectivity index is 1.72. The van der Waals surface area contributed by atoms with Crippen LogP contribution in [0.15, 0.2) is 12.7 Å². The highest BCUT2D eigenvalue weighted by atomic mass is 16.6. The van der Waals surface area contributed by atoms with Gasteiger partial charge in [-0.3, -0.25) is 4.57 Å². The maximum absolute atomic E-state index is 9.29. The molecule has 0 amide bonds. The molecule has 0 aliphatic carbocycles. The van der Waals surface area contributed by atoms with Crippen LogP contribution in [0.2, 0.25) is 0 Å². The minimum Gasteiger partial charge on any atom is -0.394 e. The van der Waals surface area contributed by atoms with Gasteiger partial charge in [-0.15, -0.1) is 0 Å². The van der Waals surface area contributed by atoms with Crippen LogP contribution in [0.5, 0.6) is 0 Å². The normalized spacial score (nSPS) is 33.3. The van der Waals surface area contributed by atoms with Gasteiger partial charge in [0.1, 0.15) is 30.3 Å². The van der Waals surface area contributed by atoms with E-state index >= 15 is 0 Å². The number of aliphatic hydroxyl groups excluding tert-OH is 1. The summed E-state index contributed by atoms with van der Waals surface area (Å²) < 4.78 is 13.1. The molecule has 2 unspecified atom stereocenters. The summed E-state index contributed by atoms with van der Waals surface area (Å²) in [5.74, 6) is 0.346. The molecule has 0 saturated carbocycles. The van der Waals surface area contributed by atoms with Gasteiger partial charge in [0.15, 0.2) is 11.5 Å². The highest BCUT2D eigenvalue weighted by molar-refractivity contribution is 5.81. The Morgan fingerprint density at radius 3 is 3.11 bits per heavy atom. The Morgan fingerprint density at radius 2 is 2.26 bits per heavy atom. The van der Waals surface area contributed by atoms with E-state index in [4.69, 9.17) is 15.2 Å². The standard InChI is InChI=1S/C11H13N5O3/c12-10-8-11(14-3-13-10)16(4-15-8)7-1-5-9(19-5)6(2-17)18-7/h3-7,9,17H,1-2H2,(H2,12,13,14)/t5?,6-,7-,9?/m1/s1. The van der Waals surface area contributed by atoms with Crippen molar-refractivity contribution >= 4 is 17.0 Å². The van der Waals surface area contributed by atoms with Crippen LogP contribution in [0.4, 0.5) is 5.82 Å². The first-order valence-electron chi connectivity index (χ1n) is 6.12. The van der Waals surface area contributed by atoms with Crippen molar-refractivity contribution in [2.24, 2.45) is 0 Å². The first-order chi connectivity index (χ1) is 9.28. The third-order valence-corrected chi connectivity index (χ3v) is 3.63. The number of nitrogens with two attached hydrogens (primary N) is 1. The Bertz CT molecular complexity index is 630. The predicted octanol–water partition coefficient (Wildman–Crippen LogP) is -0.544. The SMILES string of the molecule is Nc1ncnc2c1ncn2[C@H]1CC2OC2[C@@H](CO)O1. The van der Waals surface area contributed by atoms with Crippen molar-refractivity contribution in [3.05, 3.63) is 12.7 Å². The van der Waals surface area contributed by atoms with Gasteiger partial charge in [-0.2, -0.15) is 0 Å². The predicted molar refractivity (Wildman–Crippen MR) is 64.0 cm³/mol. The quantitative estimate of drug-likeness (QED) is 0.699. The number of epoxide rings is 1. The molecule has 8 heteroatoms. The van der Waals surface area contributed by atoms with Crippen molar-refractivity contribution in [3.8, 4) is 0 Å². The molecule has 2 aromatic rings. The zero-order valence-electron chi connectivity index (χ0n) is 10.0. The fraction of sp³-hybridized carbons (Fsp3) is 0.545. The van der Waals surface area contributed by atoms with Crippen molar-refractivity contribution < 1.29 is 14.6 Å². The third kappa shape index (κ3) is 1.61. The van der Waals surface area contributed by atoms with Crippen LogP contribution >= 0.6 is 0 Å². The van der Waals surface area contributed by atoms with Gasteiger partial charge in [0.25, 0.3) is 0 Å². The van der Waals surface area contributed by atoms with Gasteiger partial charge in [-0.05, 0) is 0 Å². The molecular formula is C11H13N5O3. The average molecular weight is 263 g/mol. The highest BCUT2D eigenvalue weighted by Gasteiger charge is 2.51. The van der Waals surface area contributed by atoms with Gasteiger partial charge < -0.3 is 20.3 Å². The maximum Gasteiger partial charge on any atom is 0.167 e. The molecular weight excluding hydrogens is 250 g/mol. The topological polar surface area (TPSA) is 112 Å². The van der Waals surface area contributed by atoms with Gasteiger partial charge in [-0.25, -0.2) is 15.0 Å². The monoisotopic (exact) mass is 263 g/mol. The molecule has 3 N–H and O–H groups in total. The Labute approximate surface area is 108 Å². The van der Waals surface area contributed by atoms with E-state index in [0.717, 1.165) is 6.42 Å². The molecule has 100 valence electrons. The molecule has 19 heavy (non-hydrogen) atoms. The zero-order valence-corrected chi connectivity index (χ0v) is 10.0. The lowest BCUT2D eigenvalue weighted by atomic mass is 10.1. The summed E-state index contributed by atoms with van der Waals surface area (Å²) in [5.41, 5.74) is 6.95. The van der Waals surface area contributed by atoms with E-state index in [-0.39, 0.29) is 31.1 Å². The summed E-state index contributed by atoms with van der Waals surface area (Å²) in [4.78, 5) is 12.3. The second-order valence-corrected chi connectivity index (χ2v) is 4.77. The van der Waals surface area contributed by atoms with E-state index in [1.165, 1.54) is 6.33 Å². The Hall–Kier alpha value is -1.77. The van der Waals surface area contributed by atoms with Gasteiger partial charge in [0.2, 0.25) is 0 Å². The lowest BCUT2D eigenvalue weighted by Crippen LogP contribution is -2.34. The summed E-state index contributed by atoms with van der Waals surface area (Å²) in [6.45, 7) is -0.0541. The lowest BCUT2D eigenvalue weighted by Gasteiger charge is -2.27. The Kier molecular flexibility index (Phi) is 2.25. The average Bonchev–Trinajstić information content (AvgIpc) is 3.08. The van der Waals surface area contributed by atoms with Crippen LogP contribution in [0, 0.1) is 0 Å². The molecule has 2 fully saturated rings. The number of anilines is 1. The van der Waals surface area contributed by atoms with Crippen LogP contribution in [-0.2, 0) is 9.47 Å². The first kappa shape index (κ1) is 11.1. The summed E-state index contributed by atoms with van der Waals surface area (Å²) in [5, 5.41) is 9.29. The molecule has 4 rings (SSSR count).